The Balaban J connectivity index is 2.33. The second kappa shape index (κ2) is 6.20. The van der Waals surface area contributed by atoms with E-state index >= 15 is 0 Å². The van der Waals surface area contributed by atoms with Crippen molar-refractivity contribution in [3.8, 4) is 0 Å². The third-order valence-corrected chi connectivity index (χ3v) is 3.58. The average Bonchev–Trinajstić information content (AvgIpc) is 2.14. The fourth-order valence-electron chi connectivity index (χ4n) is 0.737. The van der Waals surface area contributed by atoms with Crippen LogP contribution in [0.15, 0.2) is 40.5 Å². The Kier molecular flexibility index (Phi) is 5.03. The van der Waals surface area contributed by atoms with Crippen molar-refractivity contribution in [2.45, 2.75) is 0 Å². The van der Waals surface area contributed by atoms with E-state index in [4.69, 9.17) is 4.74 Å². The number of methoxy groups -OCH3 is 1. The van der Waals surface area contributed by atoms with Crippen molar-refractivity contribution in [1.82, 2.24) is 0 Å². The number of benzene rings is 1. The SMILES string of the molecule is COC/C=C/[I+]c1ccccc1. The topological polar surface area (TPSA) is 9.23 Å². The molecule has 0 aliphatic carbocycles. The number of ether oxygens (including phenoxy) is 1. The van der Waals surface area contributed by atoms with E-state index in [1.165, 1.54) is 3.57 Å². The van der Waals surface area contributed by atoms with E-state index < -0.39 is 0 Å². The van der Waals surface area contributed by atoms with Crippen LogP contribution in [-0.4, -0.2) is 13.7 Å². The summed E-state index contributed by atoms with van der Waals surface area (Å²) in [6, 6.07) is 10.6. The summed E-state index contributed by atoms with van der Waals surface area (Å²) >= 11 is 0.0537. The van der Waals surface area contributed by atoms with E-state index in [9.17, 15) is 0 Å². The van der Waals surface area contributed by atoms with Crippen LogP contribution < -0.4 is 21.2 Å². The molecule has 1 aromatic carbocycles. The van der Waals surface area contributed by atoms with E-state index in [2.05, 4.69) is 34.4 Å². The van der Waals surface area contributed by atoms with Crippen LogP contribution in [0.5, 0.6) is 0 Å². The van der Waals surface area contributed by atoms with Crippen molar-refractivity contribution in [3.05, 3.63) is 44.1 Å². The molecule has 0 N–H and O–H groups in total. The molecule has 0 amide bonds. The molecule has 12 heavy (non-hydrogen) atoms. The lowest BCUT2D eigenvalue weighted by Gasteiger charge is -1.82. The van der Waals surface area contributed by atoms with Gasteiger partial charge in [-0.15, -0.1) is 0 Å². The summed E-state index contributed by atoms with van der Waals surface area (Å²) in [5.74, 6) is 0. The maximum absolute atomic E-state index is 4.91. The number of hydrogen-bond donors (Lipinski definition) is 0. The Morgan fingerprint density at radius 2 is 2.08 bits per heavy atom. The second-order valence-corrected chi connectivity index (χ2v) is 4.81. The van der Waals surface area contributed by atoms with Crippen LogP contribution in [0, 0.1) is 3.57 Å². The van der Waals surface area contributed by atoms with Gasteiger partial charge in [-0.3, -0.25) is 0 Å². The van der Waals surface area contributed by atoms with Crippen LogP contribution >= 0.6 is 0 Å². The molecule has 2 heteroatoms. The molecule has 0 radical (unpaired) electrons. The van der Waals surface area contributed by atoms with Gasteiger partial charge in [-0.05, 0) is 18.2 Å². The zero-order valence-corrected chi connectivity index (χ0v) is 9.19. The zero-order valence-electron chi connectivity index (χ0n) is 7.03. The van der Waals surface area contributed by atoms with Gasteiger partial charge in [0.25, 0.3) is 0 Å². The average molecular weight is 275 g/mol. The van der Waals surface area contributed by atoms with Crippen molar-refractivity contribution in [1.29, 1.82) is 0 Å². The number of halogens is 1. The lowest BCUT2D eigenvalue weighted by molar-refractivity contribution is -0.557. The van der Waals surface area contributed by atoms with Crippen LogP contribution in [0.4, 0.5) is 0 Å². The van der Waals surface area contributed by atoms with Crippen LogP contribution in [0.2, 0.25) is 0 Å². The number of rotatable bonds is 4. The minimum absolute atomic E-state index is 0.0537. The van der Waals surface area contributed by atoms with Gasteiger partial charge < -0.3 is 4.74 Å². The van der Waals surface area contributed by atoms with Crippen LogP contribution in [-0.2, 0) is 4.74 Å². The van der Waals surface area contributed by atoms with Gasteiger partial charge in [-0.25, -0.2) is 0 Å². The van der Waals surface area contributed by atoms with E-state index in [0.29, 0.717) is 0 Å². The molecule has 0 aliphatic rings. The highest BCUT2D eigenvalue weighted by molar-refractivity contribution is 4.99. The molecule has 0 aromatic heterocycles. The lowest BCUT2D eigenvalue weighted by atomic mass is 10.4. The Labute approximate surface area is 83.7 Å². The molecule has 64 valence electrons. The minimum Gasteiger partial charge on any atom is -0.380 e. The molecule has 0 aliphatic heterocycles. The van der Waals surface area contributed by atoms with Gasteiger partial charge in [0.05, 0.1) is 6.61 Å². The van der Waals surface area contributed by atoms with Gasteiger partial charge in [-0.2, -0.15) is 0 Å². The first-order valence-corrected chi connectivity index (χ1v) is 6.08. The van der Waals surface area contributed by atoms with E-state index in [1.807, 2.05) is 6.07 Å². The molecule has 1 nitrogen and oxygen atoms in total. The van der Waals surface area contributed by atoms with Gasteiger partial charge in [-0.1, -0.05) is 18.2 Å². The third kappa shape index (κ3) is 3.88. The molecule has 1 rings (SSSR count). The maximum Gasteiger partial charge on any atom is 0.349 e. The second-order valence-electron chi connectivity index (χ2n) is 2.22. The quantitative estimate of drug-likeness (QED) is 0.648. The number of hydrogen-bond acceptors (Lipinski definition) is 1. The van der Waals surface area contributed by atoms with E-state index in [-0.39, 0.29) is 21.2 Å². The molecule has 1 aromatic rings. The Hall–Kier alpha value is -0.350. The smallest absolute Gasteiger partial charge is 0.349 e. The molecular formula is C10H12IO+. The molecule has 0 atom stereocenters. The summed E-state index contributed by atoms with van der Waals surface area (Å²) in [7, 11) is 1.71. The first kappa shape index (κ1) is 9.74. The van der Waals surface area contributed by atoms with Gasteiger partial charge in [0.1, 0.15) is 0 Å². The monoisotopic (exact) mass is 275 g/mol. The highest BCUT2D eigenvalue weighted by Crippen LogP contribution is 1.81. The summed E-state index contributed by atoms with van der Waals surface area (Å²) in [6.45, 7) is 0.729. The predicted molar refractivity (Wildman–Crippen MR) is 46.2 cm³/mol. The zero-order chi connectivity index (χ0) is 8.65. The highest BCUT2D eigenvalue weighted by Gasteiger charge is 2.03. The minimum atomic E-state index is 0.0537. The summed E-state index contributed by atoms with van der Waals surface area (Å²) in [6.07, 6.45) is 2.08. The Morgan fingerprint density at radius 1 is 1.33 bits per heavy atom. The Bertz CT molecular complexity index is 231. The molecule has 0 fully saturated rings. The first-order chi connectivity index (χ1) is 5.93. The predicted octanol–water partition coefficient (Wildman–Crippen LogP) is -0.895. The summed E-state index contributed by atoms with van der Waals surface area (Å²) in [5, 5.41) is 0. The van der Waals surface area contributed by atoms with Crippen molar-refractivity contribution < 1.29 is 25.9 Å². The van der Waals surface area contributed by atoms with Gasteiger partial charge in [0.15, 0.2) is 7.65 Å². The van der Waals surface area contributed by atoms with Crippen molar-refractivity contribution in [2.24, 2.45) is 0 Å². The van der Waals surface area contributed by atoms with E-state index in [0.717, 1.165) is 6.61 Å². The van der Waals surface area contributed by atoms with E-state index in [1.54, 1.807) is 7.11 Å². The molecule has 0 bridgehead atoms. The highest BCUT2D eigenvalue weighted by atomic mass is 127. The normalized spacial score (nSPS) is 10.8. The van der Waals surface area contributed by atoms with Crippen LogP contribution in [0.1, 0.15) is 0 Å². The molecule has 0 saturated heterocycles. The Morgan fingerprint density at radius 3 is 2.75 bits per heavy atom. The largest absolute Gasteiger partial charge is 0.380 e. The fraction of sp³-hybridized carbons (Fsp3) is 0.200. The summed E-state index contributed by atoms with van der Waals surface area (Å²) < 4.78 is 8.59. The maximum atomic E-state index is 4.91. The lowest BCUT2D eigenvalue weighted by Crippen LogP contribution is -3.59. The first-order valence-electron chi connectivity index (χ1n) is 3.76. The van der Waals surface area contributed by atoms with Crippen LogP contribution in [0.25, 0.3) is 0 Å². The fourth-order valence-corrected chi connectivity index (χ4v) is 2.44. The third-order valence-electron chi connectivity index (χ3n) is 1.27. The molecule has 0 saturated carbocycles. The van der Waals surface area contributed by atoms with Gasteiger partial charge in [0.2, 0.25) is 0 Å². The van der Waals surface area contributed by atoms with Gasteiger partial charge in [0, 0.05) is 7.11 Å². The molecule has 0 spiro atoms. The summed E-state index contributed by atoms with van der Waals surface area (Å²) in [4.78, 5) is 0. The molecule has 0 unspecified atom stereocenters. The van der Waals surface area contributed by atoms with Gasteiger partial charge >= 0.3 is 21.2 Å². The molecular weight excluding hydrogens is 263 g/mol. The standard InChI is InChI=1S/C10H12IO/c1-12-9-5-8-11-10-6-3-2-4-7-10/h2-8H,9H2,1H3/q+1/b8-5+. The van der Waals surface area contributed by atoms with Crippen molar-refractivity contribution in [3.63, 3.8) is 0 Å². The van der Waals surface area contributed by atoms with Crippen molar-refractivity contribution >= 4 is 0 Å². The molecule has 0 heterocycles. The summed E-state index contributed by atoms with van der Waals surface area (Å²) in [5.41, 5.74) is 0. The van der Waals surface area contributed by atoms with Crippen LogP contribution in [0.3, 0.4) is 0 Å². The van der Waals surface area contributed by atoms with Crippen molar-refractivity contribution in [2.75, 3.05) is 13.7 Å².